The van der Waals surface area contributed by atoms with Gasteiger partial charge in [-0.25, -0.2) is 9.97 Å². The highest BCUT2D eigenvalue weighted by atomic mass is 16.4. The zero-order valence-corrected chi connectivity index (χ0v) is 11.5. The Kier molecular flexibility index (Phi) is 4.82. The summed E-state index contributed by atoms with van der Waals surface area (Å²) < 4.78 is 0. The van der Waals surface area contributed by atoms with Gasteiger partial charge >= 0.3 is 5.97 Å². The largest absolute Gasteiger partial charge is 0.481 e. The summed E-state index contributed by atoms with van der Waals surface area (Å²) >= 11 is 0. The Morgan fingerprint density at radius 1 is 1.15 bits per heavy atom. The van der Waals surface area contributed by atoms with E-state index >= 15 is 0 Å². The van der Waals surface area contributed by atoms with Crippen LogP contribution in [0.3, 0.4) is 0 Å². The molecule has 2 rings (SSSR count). The van der Waals surface area contributed by atoms with Crippen LogP contribution in [0, 0.1) is 5.92 Å². The van der Waals surface area contributed by atoms with Gasteiger partial charge in [-0.1, -0.05) is 31.2 Å². The van der Waals surface area contributed by atoms with Crippen molar-refractivity contribution in [2.24, 2.45) is 5.92 Å². The molecule has 0 aliphatic carbocycles. The van der Waals surface area contributed by atoms with E-state index in [4.69, 9.17) is 5.11 Å². The third-order valence-electron chi connectivity index (χ3n) is 3.30. The lowest BCUT2D eigenvalue weighted by molar-refractivity contribution is -0.138. The summed E-state index contributed by atoms with van der Waals surface area (Å²) in [6.45, 7) is 1.98. The number of benzene rings is 1. The van der Waals surface area contributed by atoms with E-state index in [1.165, 1.54) is 11.9 Å². The molecular weight excluding hydrogens is 252 g/mol. The average molecular weight is 270 g/mol. The predicted octanol–water partition coefficient (Wildman–Crippen LogP) is 3.19. The van der Waals surface area contributed by atoms with Crippen molar-refractivity contribution >= 4 is 5.97 Å². The number of carboxylic acids is 1. The first-order valence-electron chi connectivity index (χ1n) is 6.71. The van der Waals surface area contributed by atoms with Gasteiger partial charge in [0.05, 0.1) is 0 Å². The number of hydrogen-bond acceptors (Lipinski definition) is 3. The minimum Gasteiger partial charge on any atom is -0.481 e. The summed E-state index contributed by atoms with van der Waals surface area (Å²) in [4.78, 5) is 18.6. The lowest BCUT2D eigenvalue weighted by atomic mass is 9.97. The quantitative estimate of drug-likeness (QED) is 0.875. The van der Waals surface area contributed by atoms with Gasteiger partial charge in [-0.05, 0) is 29.9 Å². The van der Waals surface area contributed by atoms with E-state index in [0.717, 1.165) is 24.0 Å². The molecule has 1 aromatic carbocycles. The second-order valence-electron chi connectivity index (χ2n) is 5.07. The van der Waals surface area contributed by atoms with Crippen LogP contribution in [0.1, 0.15) is 25.3 Å². The maximum atomic E-state index is 10.6. The highest BCUT2D eigenvalue weighted by Crippen LogP contribution is 2.19. The Balaban J connectivity index is 1.94. The van der Waals surface area contributed by atoms with Crippen LogP contribution in [0.5, 0.6) is 0 Å². The molecule has 0 aliphatic rings. The molecule has 20 heavy (non-hydrogen) atoms. The lowest BCUT2D eigenvalue weighted by Gasteiger charge is -2.09. The number of nitrogens with zero attached hydrogens (tertiary/aromatic N) is 2. The van der Waals surface area contributed by atoms with E-state index in [9.17, 15) is 4.79 Å². The molecule has 1 unspecified atom stereocenters. The molecule has 0 saturated heterocycles. The number of rotatable bonds is 6. The molecule has 0 radical (unpaired) electrons. The van der Waals surface area contributed by atoms with E-state index in [-0.39, 0.29) is 12.3 Å². The smallest absolute Gasteiger partial charge is 0.303 e. The molecule has 0 spiro atoms. The Labute approximate surface area is 118 Å². The SMILES string of the molecule is CC(CCc1ccc(-c2cncnc2)cc1)CC(=O)O. The number of aromatic nitrogens is 2. The summed E-state index contributed by atoms with van der Waals surface area (Å²) in [5.41, 5.74) is 3.31. The number of carboxylic acid groups (broad SMARTS) is 1. The van der Waals surface area contributed by atoms with Crippen molar-refractivity contribution in [1.29, 1.82) is 0 Å². The predicted molar refractivity (Wildman–Crippen MR) is 77.2 cm³/mol. The summed E-state index contributed by atoms with van der Waals surface area (Å²) in [6, 6.07) is 8.26. The molecule has 1 N–H and O–H groups in total. The molecule has 0 amide bonds. The summed E-state index contributed by atoms with van der Waals surface area (Å²) in [7, 11) is 0. The van der Waals surface area contributed by atoms with Crippen molar-refractivity contribution in [3.63, 3.8) is 0 Å². The monoisotopic (exact) mass is 270 g/mol. The first-order chi connectivity index (χ1) is 9.65. The second kappa shape index (κ2) is 6.80. The highest BCUT2D eigenvalue weighted by Gasteiger charge is 2.07. The Bertz CT molecular complexity index is 552. The minimum atomic E-state index is -0.725. The fraction of sp³-hybridized carbons (Fsp3) is 0.312. The molecule has 4 nitrogen and oxygen atoms in total. The topological polar surface area (TPSA) is 63.1 Å². The van der Waals surface area contributed by atoms with E-state index in [1.807, 2.05) is 6.92 Å². The molecular formula is C16H18N2O2. The fourth-order valence-electron chi connectivity index (χ4n) is 2.13. The van der Waals surface area contributed by atoms with Gasteiger partial charge in [-0.2, -0.15) is 0 Å². The summed E-state index contributed by atoms with van der Waals surface area (Å²) in [6.07, 6.45) is 7.12. The first-order valence-corrected chi connectivity index (χ1v) is 6.71. The van der Waals surface area contributed by atoms with Crippen LogP contribution in [0.25, 0.3) is 11.1 Å². The van der Waals surface area contributed by atoms with Crippen LogP contribution in [0.4, 0.5) is 0 Å². The van der Waals surface area contributed by atoms with Crippen molar-refractivity contribution in [1.82, 2.24) is 9.97 Å². The van der Waals surface area contributed by atoms with Crippen molar-refractivity contribution in [3.8, 4) is 11.1 Å². The standard InChI is InChI=1S/C16H18N2O2/c1-12(8-16(19)20)2-3-13-4-6-14(7-5-13)15-9-17-11-18-10-15/h4-7,9-12H,2-3,8H2,1H3,(H,19,20). The fourth-order valence-corrected chi connectivity index (χ4v) is 2.13. The van der Waals surface area contributed by atoms with Crippen LogP contribution in [-0.2, 0) is 11.2 Å². The minimum absolute atomic E-state index is 0.203. The van der Waals surface area contributed by atoms with Gasteiger partial charge < -0.3 is 5.11 Å². The van der Waals surface area contributed by atoms with Crippen molar-refractivity contribution in [3.05, 3.63) is 48.5 Å². The van der Waals surface area contributed by atoms with Gasteiger partial charge in [-0.15, -0.1) is 0 Å². The molecule has 2 aromatic rings. The van der Waals surface area contributed by atoms with Crippen molar-refractivity contribution < 1.29 is 9.90 Å². The van der Waals surface area contributed by atoms with E-state index < -0.39 is 5.97 Å². The lowest BCUT2D eigenvalue weighted by Crippen LogP contribution is -2.05. The number of hydrogen-bond donors (Lipinski definition) is 1. The van der Waals surface area contributed by atoms with Gasteiger partial charge in [0.2, 0.25) is 0 Å². The van der Waals surface area contributed by atoms with Gasteiger partial charge in [0.1, 0.15) is 6.33 Å². The molecule has 0 bridgehead atoms. The van der Waals surface area contributed by atoms with Crippen LogP contribution in [0.2, 0.25) is 0 Å². The Morgan fingerprint density at radius 2 is 1.80 bits per heavy atom. The summed E-state index contributed by atoms with van der Waals surface area (Å²) in [5.74, 6) is -0.522. The van der Waals surface area contributed by atoms with Crippen LogP contribution in [-0.4, -0.2) is 21.0 Å². The Morgan fingerprint density at radius 3 is 2.40 bits per heavy atom. The number of carbonyl (C=O) groups is 1. The Hall–Kier alpha value is -2.23. The third-order valence-corrected chi connectivity index (χ3v) is 3.30. The van der Waals surface area contributed by atoms with E-state index in [2.05, 4.69) is 34.2 Å². The van der Waals surface area contributed by atoms with Gasteiger partial charge in [0.15, 0.2) is 0 Å². The third kappa shape index (κ3) is 4.16. The van der Waals surface area contributed by atoms with Gasteiger partial charge in [0, 0.05) is 24.4 Å². The molecule has 104 valence electrons. The molecule has 0 saturated carbocycles. The van der Waals surface area contributed by atoms with Crippen LogP contribution >= 0.6 is 0 Å². The van der Waals surface area contributed by atoms with Crippen LogP contribution in [0.15, 0.2) is 43.0 Å². The number of aliphatic carboxylic acids is 1. The van der Waals surface area contributed by atoms with E-state index in [1.54, 1.807) is 12.4 Å². The number of aryl methyl sites for hydroxylation is 1. The van der Waals surface area contributed by atoms with Gasteiger partial charge in [-0.3, -0.25) is 4.79 Å². The van der Waals surface area contributed by atoms with Crippen molar-refractivity contribution in [2.75, 3.05) is 0 Å². The molecule has 0 fully saturated rings. The molecule has 4 heteroatoms. The average Bonchev–Trinajstić information content (AvgIpc) is 2.46. The van der Waals surface area contributed by atoms with Crippen molar-refractivity contribution in [2.45, 2.75) is 26.2 Å². The maximum absolute atomic E-state index is 10.6. The second-order valence-corrected chi connectivity index (χ2v) is 5.07. The van der Waals surface area contributed by atoms with Gasteiger partial charge in [0.25, 0.3) is 0 Å². The zero-order chi connectivity index (χ0) is 14.4. The molecule has 1 aromatic heterocycles. The first kappa shape index (κ1) is 14.2. The maximum Gasteiger partial charge on any atom is 0.303 e. The molecule has 0 aliphatic heterocycles. The molecule has 1 heterocycles. The zero-order valence-electron chi connectivity index (χ0n) is 11.5. The molecule has 1 atom stereocenters. The highest BCUT2D eigenvalue weighted by molar-refractivity contribution is 5.66. The van der Waals surface area contributed by atoms with Crippen LogP contribution < -0.4 is 0 Å². The normalized spacial score (nSPS) is 12.1. The van der Waals surface area contributed by atoms with E-state index in [0.29, 0.717) is 0 Å². The summed E-state index contributed by atoms with van der Waals surface area (Å²) in [5, 5.41) is 8.73.